The van der Waals surface area contributed by atoms with E-state index in [0.717, 1.165) is 89.3 Å². The van der Waals surface area contributed by atoms with Crippen LogP contribution >= 0.6 is 33.0 Å². The Labute approximate surface area is 749 Å². The summed E-state index contributed by atoms with van der Waals surface area (Å²) in [6.45, 7) is 30.9. The van der Waals surface area contributed by atoms with E-state index in [0.29, 0.717) is 126 Å². The first-order valence-electron chi connectivity index (χ1n) is 43.1. The molecule has 18 rings (SSSR count). The van der Waals surface area contributed by atoms with Crippen LogP contribution in [0.2, 0.25) is 0 Å². The number of hydrogen-bond donors (Lipinski definition) is 0. The SMILES string of the molecule is CCc1ccc(COc2cc(-c3cc(OC)cc(C(C)(C)C)c3Op3oc4ccccc4c4ccccc4o3)c(Op3oc4ccccc4c4ccccc4o3)c(C(C)(C)C)c2)cc1.CCc1ccc(COc2cc(-c3cc(OC)cc(C(C)(C)C)c3Op3oc4ccccc4c4ccccc4o3)c(Op3oc4ccccc4c4ccccc4o3)c(C(C)(C)C)c2)cc1. The van der Waals surface area contributed by atoms with Gasteiger partial charge in [-0.2, -0.15) is 0 Å². The van der Waals surface area contributed by atoms with Crippen molar-refractivity contribution in [1.29, 1.82) is 0 Å². The van der Waals surface area contributed by atoms with Crippen molar-refractivity contribution in [2.75, 3.05) is 14.2 Å². The van der Waals surface area contributed by atoms with Crippen LogP contribution in [0.5, 0.6) is 46.0 Å². The van der Waals surface area contributed by atoms with Gasteiger partial charge in [-0.25, -0.2) is 0 Å². The second kappa shape index (κ2) is 36.8. The fourth-order valence-electron chi connectivity index (χ4n) is 15.6. The highest BCUT2D eigenvalue weighted by molar-refractivity contribution is 7.33. The van der Waals surface area contributed by atoms with Crippen LogP contribution in [0.15, 0.2) is 325 Å². The fourth-order valence-corrected chi connectivity index (χ4v) is 20.0. The fraction of sp³-hybridized carbons (Fsp3) is 0.222. The van der Waals surface area contributed by atoms with E-state index in [4.69, 9.17) is 70.6 Å². The van der Waals surface area contributed by atoms with Gasteiger partial charge in [-0.1, -0.05) is 291 Å². The van der Waals surface area contributed by atoms with Crippen molar-refractivity contribution >= 4 is 121 Å². The third-order valence-electron chi connectivity index (χ3n) is 22.5. The van der Waals surface area contributed by atoms with Crippen LogP contribution in [-0.2, 0) is 47.7 Å². The maximum absolute atomic E-state index is 7.20. The molecule has 0 aliphatic heterocycles. The first-order valence-corrected chi connectivity index (χ1v) is 47.4. The Bertz CT molecular complexity index is 6650. The van der Waals surface area contributed by atoms with Crippen LogP contribution < -0.4 is 37.0 Å². The number of rotatable bonds is 20. The van der Waals surface area contributed by atoms with Crippen LogP contribution in [0.1, 0.15) is 141 Å². The van der Waals surface area contributed by atoms with Gasteiger partial charge >= 0.3 is 33.0 Å². The van der Waals surface area contributed by atoms with Gasteiger partial charge in [0.15, 0.2) is 0 Å². The lowest BCUT2D eigenvalue weighted by Gasteiger charge is -2.28. The number of fused-ring (bicyclic) bond motifs is 12. The zero-order chi connectivity index (χ0) is 89.2. The van der Waals surface area contributed by atoms with Gasteiger partial charge in [0.1, 0.15) is 104 Å². The van der Waals surface area contributed by atoms with Gasteiger partial charge in [0, 0.05) is 87.6 Å². The largest absolute Gasteiger partial charge is 0.497 e. The predicted octanol–water partition coefficient (Wildman–Crippen LogP) is 34.0. The zero-order valence-electron chi connectivity index (χ0n) is 74.9. The van der Waals surface area contributed by atoms with Crippen LogP contribution in [-0.4, -0.2) is 14.2 Å². The molecule has 0 spiro atoms. The molecular formula is C108H104O16P4. The van der Waals surface area contributed by atoms with Gasteiger partial charge < -0.3 is 70.6 Å². The first kappa shape index (κ1) is 87.2. The quantitative estimate of drug-likeness (QED) is 0.0703. The average molecular weight is 1780 g/mol. The van der Waals surface area contributed by atoms with Crippen molar-refractivity contribution < 1.29 is 70.6 Å². The number of methoxy groups -OCH3 is 2. The monoisotopic (exact) mass is 1780 g/mol. The van der Waals surface area contributed by atoms with E-state index in [2.05, 4.69) is 158 Å². The average Bonchev–Trinajstić information content (AvgIpc) is 0.853. The normalized spacial score (nSPS) is 11.9. The molecule has 128 heavy (non-hydrogen) atoms. The molecule has 18 aromatic rings. The van der Waals surface area contributed by atoms with Crippen LogP contribution in [0.25, 0.3) is 110 Å². The minimum atomic E-state index is -2.06. The molecule has 0 amide bonds. The molecule has 4 aromatic heterocycles. The van der Waals surface area contributed by atoms with E-state index in [1.165, 1.54) is 11.1 Å². The standard InChI is InChI=1S/2C54H52O8P2/c2*1-9-35-26-28-36(29-27-35)34-56-38-31-44(52(46(33-38)54(5,6)7)62-64-59-49-24-16-12-20-41(49)42-21-13-17-25-50(42)60-64)43-30-37(55-8)32-45(53(2,3)4)51(43)61-63-57-47-22-14-10-18-39(47)40-19-11-15-23-48(40)58-63/h2*10-33H,9,34H2,1-8H3. The van der Waals surface area contributed by atoms with Crippen LogP contribution in [0.4, 0.5) is 0 Å². The number of aryl methyl sites for hydroxylation is 2. The van der Waals surface area contributed by atoms with E-state index >= 15 is 0 Å². The van der Waals surface area contributed by atoms with E-state index in [9.17, 15) is 0 Å². The molecule has 4 heterocycles. The van der Waals surface area contributed by atoms with Gasteiger partial charge in [-0.05, 0) is 154 Å². The summed E-state index contributed by atoms with van der Waals surface area (Å²) in [4.78, 5) is 0. The Morgan fingerprint density at radius 3 is 0.594 bits per heavy atom. The highest BCUT2D eigenvalue weighted by Crippen LogP contribution is 2.57. The molecule has 0 fully saturated rings. The molecule has 0 bridgehead atoms. The van der Waals surface area contributed by atoms with Crippen molar-refractivity contribution in [3.8, 4) is 68.2 Å². The Balaban J connectivity index is 0.000000180. The number of hydrogen-bond acceptors (Lipinski definition) is 16. The van der Waals surface area contributed by atoms with Crippen molar-refractivity contribution in [2.45, 2.75) is 145 Å². The highest BCUT2D eigenvalue weighted by Gasteiger charge is 2.35. The predicted molar refractivity (Wildman–Crippen MR) is 521 cm³/mol. The Morgan fingerprint density at radius 1 is 0.227 bits per heavy atom. The molecule has 0 radical (unpaired) electrons. The first-order chi connectivity index (χ1) is 61.7. The zero-order valence-corrected chi connectivity index (χ0v) is 78.4. The topological polar surface area (TPSA) is 179 Å². The molecule has 16 nitrogen and oxygen atoms in total. The molecule has 0 unspecified atom stereocenters. The lowest BCUT2D eigenvalue weighted by atomic mass is 9.81. The second-order valence-electron chi connectivity index (χ2n) is 35.7. The third kappa shape index (κ3) is 19.0. The molecule has 0 atom stereocenters. The van der Waals surface area contributed by atoms with Gasteiger partial charge in [0.2, 0.25) is 0 Å². The molecule has 0 saturated heterocycles. The third-order valence-corrected chi connectivity index (χ3v) is 26.6. The summed E-state index contributed by atoms with van der Waals surface area (Å²) >= 11 is 0. The minimum absolute atomic E-state index is 0.361. The van der Waals surface area contributed by atoms with E-state index < -0.39 is 54.6 Å². The molecule has 0 N–H and O–H groups in total. The number of para-hydroxylation sites is 8. The summed E-state index contributed by atoms with van der Waals surface area (Å²) in [5, 5.41) is 7.38. The van der Waals surface area contributed by atoms with Gasteiger partial charge in [0.05, 0.1) is 14.2 Å². The van der Waals surface area contributed by atoms with Crippen LogP contribution in [0.3, 0.4) is 0 Å². The molecule has 652 valence electrons. The molecule has 0 aliphatic rings. The van der Waals surface area contributed by atoms with Gasteiger partial charge in [-0.3, -0.25) is 0 Å². The lowest BCUT2D eigenvalue weighted by Crippen LogP contribution is -2.15. The summed E-state index contributed by atoms with van der Waals surface area (Å²) in [6, 6.07) is 96.7. The van der Waals surface area contributed by atoms with Gasteiger partial charge in [-0.15, -0.1) is 0 Å². The second-order valence-corrected chi connectivity index (χ2v) is 39.7. The lowest BCUT2D eigenvalue weighted by molar-refractivity contribution is 0.305. The number of ether oxygens (including phenoxy) is 4. The maximum Gasteiger partial charge on any atom is 0.453 e. The van der Waals surface area contributed by atoms with Crippen molar-refractivity contribution in [3.63, 3.8) is 0 Å². The molecular weight excluding hydrogens is 1680 g/mol. The van der Waals surface area contributed by atoms with Crippen molar-refractivity contribution in [3.05, 3.63) is 336 Å². The summed E-state index contributed by atoms with van der Waals surface area (Å²) in [7, 11) is -4.89. The molecule has 20 heteroatoms. The van der Waals surface area contributed by atoms with Crippen LogP contribution in [0, 0.1) is 0 Å². The van der Waals surface area contributed by atoms with E-state index in [1.807, 2.05) is 231 Å². The summed E-state index contributed by atoms with van der Waals surface area (Å²) in [5.41, 5.74) is 14.5. The van der Waals surface area contributed by atoms with Gasteiger partial charge in [0.25, 0.3) is 0 Å². The maximum atomic E-state index is 7.20. The molecule has 14 aromatic carbocycles. The van der Waals surface area contributed by atoms with E-state index in [-0.39, 0.29) is 0 Å². The molecule has 0 saturated carbocycles. The Kier molecular flexibility index (Phi) is 25.1. The number of benzene rings is 14. The Hall–Kier alpha value is -12.9. The van der Waals surface area contributed by atoms with Crippen molar-refractivity contribution in [2.24, 2.45) is 0 Å². The summed E-state index contributed by atoms with van der Waals surface area (Å²) in [5.74, 6) is 4.80. The summed E-state index contributed by atoms with van der Waals surface area (Å²) in [6.07, 6.45) is 1.93. The minimum Gasteiger partial charge on any atom is -0.497 e. The summed E-state index contributed by atoms with van der Waals surface area (Å²) < 4.78 is 108. The van der Waals surface area contributed by atoms with E-state index in [1.54, 1.807) is 14.2 Å². The molecule has 0 aliphatic carbocycles. The van der Waals surface area contributed by atoms with Crippen molar-refractivity contribution in [1.82, 2.24) is 0 Å². The highest BCUT2D eigenvalue weighted by atomic mass is 31.1. The smallest absolute Gasteiger partial charge is 0.453 e. The Morgan fingerprint density at radius 2 is 0.406 bits per heavy atom.